The summed E-state index contributed by atoms with van der Waals surface area (Å²) in [6.45, 7) is 4.26. The minimum absolute atomic E-state index is 0.483. The Balaban J connectivity index is 1.27. The fourth-order valence-corrected chi connectivity index (χ4v) is 4.96. The van der Waals surface area contributed by atoms with Gasteiger partial charge in [0, 0.05) is 66.5 Å². The molecule has 35 heavy (non-hydrogen) atoms. The molecule has 2 N–H and O–H groups in total. The molecule has 2 heterocycles. The zero-order chi connectivity index (χ0) is 24.2. The Kier molecular flexibility index (Phi) is 7.04. The van der Waals surface area contributed by atoms with Crippen LogP contribution in [0.15, 0.2) is 79.0 Å². The van der Waals surface area contributed by atoms with Crippen LogP contribution in [0.3, 0.4) is 0 Å². The third kappa shape index (κ3) is 5.51. The molecule has 1 aliphatic rings. The minimum Gasteiger partial charge on any atom is -0.489 e. The van der Waals surface area contributed by atoms with E-state index in [-0.39, 0.29) is 0 Å². The van der Waals surface area contributed by atoms with Crippen molar-refractivity contribution in [3.63, 3.8) is 0 Å². The van der Waals surface area contributed by atoms with Crippen molar-refractivity contribution in [3.8, 4) is 5.75 Å². The third-order valence-corrected chi connectivity index (χ3v) is 6.76. The number of nitrogens with zero attached hydrogens (tertiary/aromatic N) is 2. The number of carboxylic acid groups (broad SMARTS) is 1. The molecule has 180 valence electrons. The largest absolute Gasteiger partial charge is 0.489 e. The van der Waals surface area contributed by atoms with Gasteiger partial charge in [-0.3, -0.25) is 14.6 Å². The average Bonchev–Trinajstić information content (AvgIpc) is 3.27. The minimum atomic E-state index is -0.835. The second kappa shape index (κ2) is 10.5. The molecule has 4 aromatic rings. The number of fused-ring (bicyclic) bond motifs is 1. The fraction of sp³-hybridized carbons (Fsp3) is 0.250. The molecule has 7 heteroatoms. The summed E-state index contributed by atoms with van der Waals surface area (Å²) < 4.78 is 5.94. The van der Waals surface area contributed by atoms with E-state index in [0.717, 1.165) is 52.4 Å². The van der Waals surface area contributed by atoms with Gasteiger partial charge in [0.15, 0.2) is 0 Å². The number of hydrogen-bond acceptors (Lipinski definition) is 4. The van der Waals surface area contributed by atoms with Gasteiger partial charge in [-0.05, 0) is 35.4 Å². The summed E-state index contributed by atoms with van der Waals surface area (Å²) in [5.41, 5.74) is 3.92. The van der Waals surface area contributed by atoms with E-state index in [1.165, 1.54) is 5.56 Å². The van der Waals surface area contributed by atoms with Gasteiger partial charge in [0.05, 0.1) is 0 Å². The van der Waals surface area contributed by atoms with Crippen molar-refractivity contribution in [3.05, 3.63) is 101 Å². The van der Waals surface area contributed by atoms with Crippen LogP contribution in [0.2, 0.25) is 5.02 Å². The highest BCUT2D eigenvalue weighted by Gasteiger charge is 2.32. The monoisotopic (exact) mass is 489 g/mol. The van der Waals surface area contributed by atoms with Crippen LogP contribution < -0.4 is 4.74 Å². The molecule has 1 aliphatic heterocycles. The van der Waals surface area contributed by atoms with E-state index in [9.17, 15) is 9.90 Å². The Morgan fingerprint density at radius 1 is 0.971 bits per heavy atom. The predicted octanol–water partition coefficient (Wildman–Crippen LogP) is 5.34. The standard InChI is InChI=1S/C28H28ClN3O3/c29-22-8-4-7-21(15-22)18-31-11-13-32(14-12-31)27(28(33)34)25-17-30-26-16-23(9-10-24(25)26)35-19-20-5-2-1-3-6-20/h1-10,15-17,27,30H,11-14,18-19H2,(H,33,34). The number of halogens is 1. The van der Waals surface area contributed by atoms with Crippen molar-refractivity contribution in [2.45, 2.75) is 19.2 Å². The van der Waals surface area contributed by atoms with Gasteiger partial charge in [-0.25, -0.2) is 0 Å². The van der Waals surface area contributed by atoms with Gasteiger partial charge in [0.1, 0.15) is 18.4 Å². The SMILES string of the molecule is O=C(O)C(c1c[nH]c2cc(OCc3ccccc3)ccc12)N1CCN(Cc2cccc(Cl)c2)CC1. The molecule has 6 nitrogen and oxygen atoms in total. The zero-order valence-electron chi connectivity index (χ0n) is 19.4. The molecule has 1 atom stereocenters. The molecular weight excluding hydrogens is 462 g/mol. The van der Waals surface area contributed by atoms with Crippen LogP contribution in [-0.2, 0) is 17.9 Å². The number of aromatic nitrogens is 1. The summed E-state index contributed by atoms with van der Waals surface area (Å²) in [6, 6.07) is 23.0. The molecule has 0 bridgehead atoms. The molecule has 0 radical (unpaired) electrons. The first-order chi connectivity index (χ1) is 17.1. The Morgan fingerprint density at radius 2 is 1.74 bits per heavy atom. The smallest absolute Gasteiger partial charge is 0.325 e. The lowest BCUT2D eigenvalue weighted by atomic mass is 10.0. The summed E-state index contributed by atoms with van der Waals surface area (Å²) in [5.74, 6) is -0.0881. The van der Waals surface area contributed by atoms with Crippen molar-refractivity contribution in [2.75, 3.05) is 26.2 Å². The summed E-state index contributed by atoms with van der Waals surface area (Å²) in [5, 5.41) is 11.8. The molecule has 0 saturated carbocycles. The maximum atomic E-state index is 12.4. The van der Waals surface area contributed by atoms with Gasteiger partial charge < -0.3 is 14.8 Å². The predicted molar refractivity (Wildman–Crippen MR) is 138 cm³/mol. The van der Waals surface area contributed by atoms with E-state index in [0.29, 0.717) is 19.7 Å². The molecule has 3 aromatic carbocycles. The number of carboxylic acids is 1. The van der Waals surface area contributed by atoms with Gasteiger partial charge in [-0.2, -0.15) is 0 Å². The Labute approximate surface area is 209 Å². The quantitative estimate of drug-likeness (QED) is 0.349. The first-order valence-corrected chi connectivity index (χ1v) is 12.2. The second-order valence-electron chi connectivity index (χ2n) is 8.91. The van der Waals surface area contributed by atoms with Crippen molar-refractivity contribution >= 4 is 28.5 Å². The van der Waals surface area contributed by atoms with Crippen molar-refractivity contribution < 1.29 is 14.6 Å². The summed E-state index contributed by atoms with van der Waals surface area (Å²) >= 11 is 6.12. The Bertz CT molecular complexity index is 1300. The van der Waals surface area contributed by atoms with Gasteiger partial charge in [-0.1, -0.05) is 54.1 Å². The summed E-state index contributed by atoms with van der Waals surface area (Å²) in [6.07, 6.45) is 1.82. The van der Waals surface area contributed by atoms with E-state index in [4.69, 9.17) is 16.3 Å². The van der Waals surface area contributed by atoms with Crippen LogP contribution in [0, 0.1) is 0 Å². The van der Waals surface area contributed by atoms with E-state index < -0.39 is 12.0 Å². The van der Waals surface area contributed by atoms with Crippen LogP contribution in [0.4, 0.5) is 0 Å². The molecule has 5 rings (SSSR count). The van der Waals surface area contributed by atoms with Gasteiger partial charge in [0.25, 0.3) is 0 Å². The number of aliphatic carboxylic acids is 1. The lowest BCUT2D eigenvalue weighted by Gasteiger charge is -2.37. The topological polar surface area (TPSA) is 68.8 Å². The molecule has 0 aliphatic carbocycles. The van der Waals surface area contributed by atoms with Crippen LogP contribution in [0.25, 0.3) is 10.9 Å². The summed E-state index contributed by atoms with van der Waals surface area (Å²) in [4.78, 5) is 20.0. The number of H-pyrrole nitrogens is 1. The van der Waals surface area contributed by atoms with Crippen LogP contribution >= 0.6 is 11.6 Å². The highest BCUT2D eigenvalue weighted by atomic mass is 35.5. The number of carbonyl (C=O) groups is 1. The first kappa shape index (κ1) is 23.4. The fourth-order valence-electron chi connectivity index (χ4n) is 4.74. The lowest BCUT2D eigenvalue weighted by molar-refractivity contribution is -0.144. The molecule has 1 fully saturated rings. The molecular formula is C28H28ClN3O3. The maximum Gasteiger partial charge on any atom is 0.325 e. The van der Waals surface area contributed by atoms with Crippen LogP contribution in [-0.4, -0.2) is 52.0 Å². The molecule has 1 saturated heterocycles. The van der Waals surface area contributed by atoms with Crippen LogP contribution in [0.5, 0.6) is 5.75 Å². The van der Waals surface area contributed by atoms with E-state index in [2.05, 4.69) is 20.9 Å². The maximum absolute atomic E-state index is 12.4. The molecule has 0 amide bonds. The van der Waals surface area contributed by atoms with Crippen LogP contribution in [0.1, 0.15) is 22.7 Å². The Hall–Kier alpha value is -3.32. The molecule has 1 unspecified atom stereocenters. The first-order valence-electron chi connectivity index (χ1n) is 11.8. The molecule has 0 spiro atoms. The number of aromatic amines is 1. The number of piperazine rings is 1. The Morgan fingerprint density at radius 3 is 2.49 bits per heavy atom. The summed E-state index contributed by atoms with van der Waals surface area (Å²) in [7, 11) is 0. The number of hydrogen-bond donors (Lipinski definition) is 2. The highest BCUT2D eigenvalue weighted by molar-refractivity contribution is 6.30. The van der Waals surface area contributed by atoms with Crippen molar-refractivity contribution in [1.82, 2.24) is 14.8 Å². The number of nitrogens with one attached hydrogen (secondary N) is 1. The van der Waals surface area contributed by atoms with Gasteiger partial charge >= 0.3 is 5.97 Å². The molecule has 1 aromatic heterocycles. The van der Waals surface area contributed by atoms with Crippen molar-refractivity contribution in [2.24, 2.45) is 0 Å². The number of ether oxygens (including phenoxy) is 1. The number of benzene rings is 3. The zero-order valence-corrected chi connectivity index (χ0v) is 20.1. The van der Waals surface area contributed by atoms with Gasteiger partial charge in [-0.15, -0.1) is 0 Å². The van der Waals surface area contributed by atoms with Gasteiger partial charge in [0.2, 0.25) is 0 Å². The third-order valence-electron chi connectivity index (χ3n) is 6.53. The van der Waals surface area contributed by atoms with E-state index >= 15 is 0 Å². The van der Waals surface area contributed by atoms with E-state index in [1.54, 1.807) is 0 Å². The van der Waals surface area contributed by atoms with Crippen molar-refractivity contribution in [1.29, 1.82) is 0 Å². The van der Waals surface area contributed by atoms with E-state index in [1.807, 2.05) is 72.9 Å². The lowest BCUT2D eigenvalue weighted by Crippen LogP contribution is -2.48. The number of rotatable bonds is 8. The average molecular weight is 490 g/mol. The second-order valence-corrected chi connectivity index (χ2v) is 9.34. The normalized spacial score (nSPS) is 15.8. The highest BCUT2D eigenvalue weighted by Crippen LogP contribution is 2.32.